The number of nitrogen functional groups attached to an aromatic ring is 2. The van der Waals surface area contributed by atoms with Crippen LogP contribution in [0.3, 0.4) is 0 Å². The fourth-order valence-corrected chi connectivity index (χ4v) is 1.80. The molecule has 1 aromatic carbocycles. The van der Waals surface area contributed by atoms with Crippen molar-refractivity contribution in [1.82, 2.24) is 5.43 Å². The second-order valence-electron chi connectivity index (χ2n) is 2.66. The third kappa shape index (κ3) is 2.10. The largest absolute Gasteiger partial charge is 0.398 e. The molecule has 70 valence electrons. The number of carbonyl (C=O) groups is 1. The molecule has 1 rings (SSSR count). The summed E-state index contributed by atoms with van der Waals surface area (Å²) in [6, 6.07) is 3.61. The van der Waals surface area contributed by atoms with Gasteiger partial charge in [0.15, 0.2) is 0 Å². The summed E-state index contributed by atoms with van der Waals surface area (Å²) in [6.07, 6.45) is 0. The number of nitrogens with two attached hydrogens (primary N) is 2. The van der Waals surface area contributed by atoms with Crippen molar-refractivity contribution in [1.29, 1.82) is 0 Å². The lowest BCUT2D eigenvalue weighted by molar-refractivity contribution is 0.0954. The van der Waals surface area contributed by atoms with Crippen molar-refractivity contribution in [2.45, 2.75) is 6.92 Å². The van der Waals surface area contributed by atoms with Crippen molar-refractivity contribution in [2.24, 2.45) is 5.84 Å². The summed E-state index contributed by atoms with van der Waals surface area (Å²) < 4.78 is 0.961. The number of hydrogen-bond donors (Lipinski definition) is 3. The Morgan fingerprint density at radius 2 is 2.15 bits per heavy atom. The quantitative estimate of drug-likeness (QED) is 0.235. The maximum absolute atomic E-state index is 11.2. The first-order valence-electron chi connectivity index (χ1n) is 3.63. The smallest absolute Gasteiger partial charge is 0.267 e. The van der Waals surface area contributed by atoms with Crippen LogP contribution < -0.4 is 17.0 Å². The fraction of sp³-hybridized carbons (Fsp3) is 0.125. The molecule has 0 saturated heterocycles. The zero-order valence-electron chi connectivity index (χ0n) is 7.10. The van der Waals surface area contributed by atoms with Gasteiger partial charge in [0.25, 0.3) is 5.91 Å². The first kappa shape index (κ1) is 10.3. The predicted molar refractivity (Wildman–Crippen MR) is 60.0 cm³/mol. The van der Waals surface area contributed by atoms with Gasteiger partial charge in [-0.3, -0.25) is 10.2 Å². The minimum Gasteiger partial charge on any atom is -0.398 e. The fourth-order valence-electron chi connectivity index (χ4n) is 1.02. The van der Waals surface area contributed by atoms with E-state index in [0.717, 1.165) is 9.13 Å². The van der Waals surface area contributed by atoms with Crippen molar-refractivity contribution in [3.63, 3.8) is 0 Å². The second kappa shape index (κ2) is 3.93. The molecule has 0 aliphatic carbocycles. The highest BCUT2D eigenvalue weighted by Gasteiger charge is 2.10. The number of hydrazine groups is 1. The average molecular weight is 291 g/mol. The Morgan fingerprint density at radius 1 is 1.54 bits per heavy atom. The maximum atomic E-state index is 11.2. The van der Waals surface area contributed by atoms with Gasteiger partial charge in [0.05, 0.1) is 5.56 Å². The van der Waals surface area contributed by atoms with E-state index in [1.165, 1.54) is 0 Å². The SMILES string of the molecule is Cc1cc(I)cc(C(=O)NN)c1N. The molecule has 0 aromatic heterocycles. The first-order valence-corrected chi connectivity index (χ1v) is 4.70. The van der Waals surface area contributed by atoms with E-state index in [1.54, 1.807) is 6.07 Å². The summed E-state index contributed by atoms with van der Waals surface area (Å²) in [5.41, 5.74) is 9.54. The highest BCUT2D eigenvalue weighted by atomic mass is 127. The number of benzene rings is 1. The molecule has 13 heavy (non-hydrogen) atoms. The van der Waals surface area contributed by atoms with E-state index in [9.17, 15) is 4.79 Å². The zero-order valence-corrected chi connectivity index (χ0v) is 9.25. The predicted octanol–water partition coefficient (Wildman–Crippen LogP) is 0.785. The van der Waals surface area contributed by atoms with Crippen molar-refractivity contribution in [3.8, 4) is 0 Å². The average Bonchev–Trinajstić information content (AvgIpc) is 2.10. The van der Waals surface area contributed by atoms with E-state index in [2.05, 4.69) is 28.0 Å². The van der Waals surface area contributed by atoms with Gasteiger partial charge in [0, 0.05) is 9.26 Å². The summed E-state index contributed by atoms with van der Waals surface area (Å²) >= 11 is 2.12. The number of carbonyl (C=O) groups excluding carboxylic acids is 1. The van der Waals surface area contributed by atoms with E-state index in [0.29, 0.717) is 11.3 Å². The van der Waals surface area contributed by atoms with Crippen LogP contribution in [-0.2, 0) is 0 Å². The van der Waals surface area contributed by atoms with Crippen LogP contribution in [0.1, 0.15) is 15.9 Å². The molecule has 5 heteroatoms. The van der Waals surface area contributed by atoms with E-state index < -0.39 is 0 Å². The van der Waals surface area contributed by atoms with E-state index in [4.69, 9.17) is 11.6 Å². The molecular formula is C8H10IN3O. The van der Waals surface area contributed by atoms with Crippen LogP contribution in [0.25, 0.3) is 0 Å². The van der Waals surface area contributed by atoms with Crippen molar-refractivity contribution >= 4 is 34.2 Å². The Hall–Kier alpha value is -0.820. The molecule has 0 fully saturated rings. The number of amides is 1. The molecule has 0 bridgehead atoms. The lowest BCUT2D eigenvalue weighted by atomic mass is 10.1. The summed E-state index contributed by atoms with van der Waals surface area (Å²) in [4.78, 5) is 11.2. The number of nitrogens with one attached hydrogen (secondary N) is 1. The number of halogens is 1. The van der Waals surface area contributed by atoms with E-state index in [-0.39, 0.29) is 5.91 Å². The summed E-state index contributed by atoms with van der Waals surface area (Å²) in [5.74, 6) is 4.65. The highest BCUT2D eigenvalue weighted by molar-refractivity contribution is 14.1. The minimum absolute atomic E-state index is 0.362. The van der Waals surface area contributed by atoms with Crippen LogP contribution in [0, 0.1) is 10.5 Å². The molecule has 1 amide bonds. The third-order valence-electron chi connectivity index (χ3n) is 1.73. The van der Waals surface area contributed by atoms with Crippen molar-refractivity contribution in [3.05, 3.63) is 26.8 Å². The molecule has 5 N–H and O–H groups in total. The summed E-state index contributed by atoms with van der Waals surface area (Å²) in [6.45, 7) is 1.85. The third-order valence-corrected chi connectivity index (χ3v) is 2.35. The van der Waals surface area contributed by atoms with Gasteiger partial charge in [-0.05, 0) is 47.2 Å². The molecular weight excluding hydrogens is 281 g/mol. The molecule has 4 nitrogen and oxygen atoms in total. The Balaban J connectivity index is 3.28. The van der Waals surface area contributed by atoms with Crippen molar-refractivity contribution in [2.75, 3.05) is 5.73 Å². The van der Waals surface area contributed by atoms with Crippen LogP contribution in [0.5, 0.6) is 0 Å². The molecule has 0 aliphatic heterocycles. The van der Waals surface area contributed by atoms with Crippen LogP contribution in [0.2, 0.25) is 0 Å². The number of hydrogen-bond acceptors (Lipinski definition) is 3. The Morgan fingerprint density at radius 3 is 2.69 bits per heavy atom. The molecule has 0 heterocycles. The Labute approximate surface area is 89.8 Å². The standard InChI is InChI=1S/C8H10IN3O/c1-4-2-5(9)3-6(7(4)10)8(13)12-11/h2-3H,10-11H2,1H3,(H,12,13). The van der Waals surface area contributed by atoms with Gasteiger partial charge in [0.2, 0.25) is 0 Å². The van der Waals surface area contributed by atoms with E-state index in [1.807, 2.05) is 13.0 Å². The number of rotatable bonds is 1. The van der Waals surface area contributed by atoms with Crippen LogP contribution in [-0.4, -0.2) is 5.91 Å². The van der Waals surface area contributed by atoms with Gasteiger partial charge in [-0.15, -0.1) is 0 Å². The maximum Gasteiger partial charge on any atom is 0.267 e. The normalized spacial score (nSPS) is 9.77. The molecule has 0 unspecified atom stereocenters. The van der Waals surface area contributed by atoms with Crippen LogP contribution >= 0.6 is 22.6 Å². The van der Waals surface area contributed by atoms with Gasteiger partial charge in [-0.25, -0.2) is 5.84 Å². The monoisotopic (exact) mass is 291 g/mol. The Kier molecular flexibility index (Phi) is 3.10. The first-order chi connectivity index (χ1) is 6.06. The lowest BCUT2D eigenvalue weighted by Gasteiger charge is -2.07. The van der Waals surface area contributed by atoms with Crippen LogP contribution in [0.15, 0.2) is 12.1 Å². The number of anilines is 1. The highest BCUT2D eigenvalue weighted by Crippen LogP contribution is 2.20. The Bertz CT molecular complexity index is 351. The van der Waals surface area contributed by atoms with Gasteiger partial charge < -0.3 is 5.73 Å². The molecule has 0 radical (unpaired) electrons. The van der Waals surface area contributed by atoms with Gasteiger partial charge in [-0.1, -0.05) is 0 Å². The van der Waals surface area contributed by atoms with Crippen molar-refractivity contribution < 1.29 is 4.79 Å². The molecule has 0 aliphatic rings. The van der Waals surface area contributed by atoms with Gasteiger partial charge in [-0.2, -0.15) is 0 Å². The van der Waals surface area contributed by atoms with Crippen LogP contribution in [0.4, 0.5) is 5.69 Å². The van der Waals surface area contributed by atoms with E-state index >= 15 is 0 Å². The topological polar surface area (TPSA) is 81.1 Å². The van der Waals surface area contributed by atoms with Gasteiger partial charge >= 0.3 is 0 Å². The molecule has 0 spiro atoms. The molecule has 0 atom stereocenters. The summed E-state index contributed by atoms with van der Waals surface area (Å²) in [5, 5.41) is 0. The summed E-state index contributed by atoms with van der Waals surface area (Å²) in [7, 11) is 0. The number of aryl methyl sites for hydroxylation is 1. The molecule has 1 aromatic rings. The minimum atomic E-state index is -0.362. The lowest BCUT2D eigenvalue weighted by Crippen LogP contribution is -2.30. The molecule has 0 saturated carbocycles. The second-order valence-corrected chi connectivity index (χ2v) is 3.90. The van der Waals surface area contributed by atoms with Gasteiger partial charge in [0.1, 0.15) is 0 Å². The zero-order chi connectivity index (χ0) is 10.0.